The van der Waals surface area contributed by atoms with Crippen molar-refractivity contribution in [1.29, 1.82) is 0 Å². The number of pyridine rings is 1. The van der Waals surface area contributed by atoms with Gasteiger partial charge < -0.3 is 16.0 Å². The van der Waals surface area contributed by atoms with Crippen LogP contribution in [0.5, 0.6) is 0 Å². The summed E-state index contributed by atoms with van der Waals surface area (Å²) in [7, 11) is 1.69. The molecule has 1 amide bonds. The smallest absolute Gasteiger partial charge is 0.269 e. The Labute approximate surface area is 183 Å². The van der Waals surface area contributed by atoms with Gasteiger partial charge in [0.05, 0.1) is 5.69 Å². The zero-order valence-electron chi connectivity index (χ0n) is 17.3. The predicted molar refractivity (Wildman–Crippen MR) is 119 cm³/mol. The maximum absolute atomic E-state index is 13.1. The van der Waals surface area contributed by atoms with E-state index in [0.717, 1.165) is 5.56 Å². The van der Waals surface area contributed by atoms with Gasteiger partial charge in [0, 0.05) is 38.0 Å². The molecule has 3 heterocycles. The first-order chi connectivity index (χ1) is 15.6. The fourth-order valence-electron chi connectivity index (χ4n) is 2.99. The zero-order valence-corrected chi connectivity index (χ0v) is 17.3. The van der Waals surface area contributed by atoms with Gasteiger partial charge in [-0.15, -0.1) is 0 Å². The van der Waals surface area contributed by atoms with E-state index >= 15 is 0 Å². The van der Waals surface area contributed by atoms with E-state index in [1.807, 2.05) is 18.2 Å². The van der Waals surface area contributed by atoms with Crippen molar-refractivity contribution in [3.8, 4) is 11.3 Å². The number of aryl methyl sites for hydroxylation is 1. The largest absolute Gasteiger partial charge is 0.368 e. The van der Waals surface area contributed by atoms with E-state index in [2.05, 4.69) is 36.0 Å². The summed E-state index contributed by atoms with van der Waals surface area (Å²) in [5.41, 5.74) is 1.75. The van der Waals surface area contributed by atoms with Crippen molar-refractivity contribution in [3.05, 3.63) is 78.6 Å². The van der Waals surface area contributed by atoms with Crippen LogP contribution in [0.4, 0.5) is 21.8 Å². The summed E-state index contributed by atoms with van der Waals surface area (Å²) in [5.74, 6) is 1.33. The van der Waals surface area contributed by atoms with Crippen LogP contribution in [0.3, 0.4) is 0 Å². The number of hydrogen-bond donors (Lipinski definition) is 3. The number of benzene rings is 1. The Morgan fingerprint density at radius 3 is 2.56 bits per heavy atom. The lowest BCUT2D eigenvalue weighted by Crippen LogP contribution is -2.30. The van der Waals surface area contributed by atoms with Gasteiger partial charge in [0.2, 0.25) is 0 Å². The van der Waals surface area contributed by atoms with Crippen molar-refractivity contribution in [1.82, 2.24) is 30.0 Å². The maximum Gasteiger partial charge on any atom is 0.269 e. The van der Waals surface area contributed by atoms with Gasteiger partial charge in [-0.3, -0.25) is 9.48 Å². The number of amides is 1. The average molecular weight is 432 g/mol. The molecule has 0 saturated carbocycles. The Bertz CT molecular complexity index is 1190. The summed E-state index contributed by atoms with van der Waals surface area (Å²) in [4.78, 5) is 25.1. The van der Waals surface area contributed by atoms with Gasteiger partial charge in [0.1, 0.15) is 35.3 Å². The van der Waals surface area contributed by atoms with Gasteiger partial charge in [-0.1, -0.05) is 6.07 Å². The SMILES string of the molecule is Cn1nc(-c2ccc(F)cc2)cc1C(=O)NCCNc1cc(Nc2ccccn2)ncn1. The van der Waals surface area contributed by atoms with E-state index in [1.54, 1.807) is 37.5 Å². The highest BCUT2D eigenvalue weighted by Crippen LogP contribution is 2.19. The number of rotatable bonds is 8. The molecule has 0 bridgehead atoms. The van der Waals surface area contributed by atoms with Crippen molar-refractivity contribution in [2.75, 3.05) is 23.7 Å². The third-order valence-electron chi connectivity index (χ3n) is 4.56. The quantitative estimate of drug-likeness (QED) is 0.367. The molecule has 0 unspecified atom stereocenters. The molecule has 4 rings (SSSR count). The fourth-order valence-corrected chi connectivity index (χ4v) is 2.99. The number of aromatic nitrogens is 5. The van der Waals surface area contributed by atoms with Crippen LogP contribution in [0, 0.1) is 5.82 Å². The molecule has 0 aliphatic rings. The van der Waals surface area contributed by atoms with Gasteiger partial charge in [-0.2, -0.15) is 5.10 Å². The first-order valence-electron chi connectivity index (χ1n) is 9.90. The second-order valence-electron chi connectivity index (χ2n) is 6.86. The number of nitrogens with one attached hydrogen (secondary N) is 3. The minimum Gasteiger partial charge on any atom is -0.368 e. The van der Waals surface area contributed by atoms with Gasteiger partial charge in [-0.05, 0) is 42.5 Å². The molecule has 3 N–H and O–H groups in total. The fraction of sp³-hybridized carbons (Fsp3) is 0.136. The van der Waals surface area contributed by atoms with Crippen molar-refractivity contribution in [2.24, 2.45) is 7.05 Å². The van der Waals surface area contributed by atoms with Crippen LogP contribution in [0.2, 0.25) is 0 Å². The monoisotopic (exact) mass is 432 g/mol. The van der Waals surface area contributed by atoms with E-state index in [1.165, 1.54) is 23.1 Å². The van der Waals surface area contributed by atoms with E-state index in [9.17, 15) is 9.18 Å². The first-order valence-corrected chi connectivity index (χ1v) is 9.90. The molecule has 10 heteroatoms. The van der Waals surface area contributed by atoms with Gasteiger partial charge >= 0.3 is 0 Å². The highest BCUT2D eigenvalue weighted by Gasteiger charge is 2.14. The summed E-state index contributed by atoms with van der Waals surface area (Å²) in [6.07, 6.45) is 3.13. The molecule has 32 heavy (non-hydrogen) atoms. The molecule has 0 aliphatic carbocycles. The van der Waals surface area contributed by atoms with Crippen LogP contribution in [0.1, 0.15) is 10.5 Å². The normalized spacial score (nSPS) is 10.6. The molecular weight excluding hydrogens is 411 g/mol. The Hall–Kier alpha value is -4.34. The molecule has 9 nitrogen and oxygen atoms in total. The van der Waals surface area contributed by atoms with Crippen LogP contribution in [0.25, 0.3) is 11.3 Å². The molecule has 0 spiro atoms. The van der Waals surface area contributed by atoms with Crippen molar-refractivity contribution in [2.45, 2.75) is 0 Å². The van der Waals surface area contributed by atoms with Gasteiger partial charge in [-0.25, -0.2) is 19.3 Å². The number of halogens is 1. The van der Waals surface area contributed by atoms with E-state index < -0.39 is 0 Å². The number of nitrogens with zero attached hydrogens (tertiary/aromatic N) is 5. The van der Waals surface area contributed by atoms with Gasteiger partial charge in [0.15, 0.2) is 0 Å². The van der Waals surface area contributed by atoms with Crippen LogP contribution in [-0.2, 0) is 7.05 Å². The lowest BCUT2D eigenvalue weighted by Gasteiger charge is -2.09. The van der Waals surface area contributed by atoms with Crippen molar-refractivity contribution < 1.29 is 9.18 Å². The predicted octanol–water partition coefficient (Wildman–Crippen LogP) is 3.00. The maximum atomic E-state index is 13.1. The third kappa shape index (κ3) is 5.22. The molecule has 0 atom stereocenters. The average Bonchev–Trinajstić information content (AvgIpc) is 3.20. The Kier molecular flexibility index (Phi) is 6.30. The number of hydrogen-bond acceptors (Lipinski definition) is 7. The minimum atomic E-state index is -0.321. The van der Waals surface area contributed by atoms with Crippen LogP contribution >= 0.6 is 0 Å². The second kappa shape index (κ2) is 9.65. The minimum absolute atomic E-state index is 0.254. The molecule has 1 aromatic carbocycles. The van der Waals surface area contributed by atoms with Crippen LogP contribution in [0.15, 0.2) is 67.1 Å². The highest BCUT2D eigenvalue weighted by molar-refractivity contribution is 5.93. The molecule has 0 saturated heterocycles. The number of anilines is 3. The second-order valence-corrected chi connectivity index (χ2v) is 6.86. The summed E-state index contributed by atoms with van der Waals surface area (Å²) >= 11 is 0. The van der Waals surface area contributed by atoms with E-state index in [0.29, 0.717) is 41.9 Å². The first kappa shape index (κ1) is 20.9. The summed E-state index contributed by atoms with van der Waals surface area (Å²) in [6.45, 7) is 0.845. The highest BCUT2D eigenvalue weighted by atomic mass is 19.1. The van der Waals surface area contributed by atoms with E-state index in [4.69, 9.17) is 0 Å². The van der Waals surface area contributed by atoms with Gasteiger partial charge in [0.25, 0.3) is 5.91 Å². The van der Waals surface area contributed by atoms with Crippen molar-refractivity contribution >= 4 is 23.4 Å². The molecular formula is C22H21FN8O. The zero-order chi connectivity index (χ0) is 22.3. The summed E-state index contributed by atoms with van der Waals surface area (Å²) < 4.78 is 14.6. The molecule has 162 valence electrons. The Morgan fingerprint density at radius 1 is 0.969 bits per heavy atom. The van der Waals surface area contributed by atoms with Crippen LogP contribution < -0.4 is 16.0 Å². The Morgan fingerprint density at radius 2 is 1.78 bits per heavy atom. The molecule has 3 aromatic heterocycles. The van der Waals surface area contributed by atoms with Crippen molar-refractivity contribution in [3.63, 3.8) is 0 Å². The third-order valence-corrected chi connectivity index (χ3v) is 4.56. The van der Waals surface area contributed by atoms with E-state index in [-0.39, 0.29) is 11.7 Å². The summed E-state index contributed by atoms with van der Waals surface area (Å²) in [6, 6.07) is 15.0. The molecule has 0 fully saturated rings. The molecule has 0 radical (unpaired) electrons. The lowest BCUT2D eigenvalue weighted by molar-refractivity contribution is 0.0946. The number of carbonyl (C=O) groups is 1. The van der Waals surface area contributed by atoms with Crippen LogP contribution in [-0.4, -0.2) is 43.7 Å². The number of carbonyl (C=O) groups excluding carboxylic acids is 1. The topological polar surface area (TPSA) is 110 Å². The lowest BCUT2D eigenvalue weighted by atomic mass is 10.1. The summed E-state index contributed by atoms with van der Waals surface area (Å²) in [5, 5.41) is 13.4. The molecule has 4 aromatic rings. The standard InChI is InChI=1S/C22H21FN8O/c1-31-18(12-17(30-31)15-5-7-16(23)8-6-15)22(32)26-11-10-25-20-13-21(28-14-27-20)29-19-4-2-3-9-24-19/h2-9,12-14H,10-11H2,1H3,(H,26,32)(H2,24,25,27,28,29). The Balaban J connectivity index is 1.29. The molecule has 0 aliphatic heterocycles.